The molecule has 2 aromatic rings. The number of para-hydroxylation sites is 1. The van der Waals surface area contributed by atoms with E-state index in [1.807, 2.05) is 23.1 Å². The third-order valence-electron chi connectivity index (χ3n) is 4.20. The standard InChI is InChI=1S/C19H20FN3O2/c20-16-8-4-5-9-17(16)21-18(24)14-22-10-12-23(13-11-22)19(25)15-6-2-1-3-7-15/h1-9H,10-14H2,(H,21,24). The number of hydrogen-bond donors (Lipinski definition) is 1. The highest BCUT2D eigenvalue weighted by molar-refractivity contribution is 5.94. The van der Waals surface area contributed by atoms with Crippen LogP contribution in [0.25, 0.3) is 0 Å². The van der Waals surface area contributed by atoms with Gasteiger partial charge in [-0.05, 0) is 24.3 Å². The number of hydrogen-bond acceptors (Lipinski definition) is 3. The second kappa shape index (κ2) is 7.90. The number of amides is 2. The second-order valence-electron chi connectivity index (χ2n) is 5.96. The minimum absolute atomic E-state index is 0.0102. The maximum atomic E-state index is 13.6. The summed E-state index contributed by atoms with van der Waals surface area (Å²) in [5.41, 5.74) is 0.860. The molecule has 0 bridgehead atoms. The Labute approximate surface area is 146 Å². The number of piperazine rings is 1. The van der Waals surface area contributed by atoms with Crippen LogP contribution in [0, 0.1) is 5.82 Å². The number of nitrogens with one attached hydrogen (secondary N) is 1. The van der Waals surface area contributed by atoms with Gasteiger partial charge in [0.2, 0.25) is 5.91 Å². The molecule has 1 aliphatic heterocycles. The molecule has 0 saturated carbocycles. The first-order chi connectivity index (χ1) is 12.1. The fraction of sp³-hybridized carbons (Fsp3) is 0.263. The Morgan fingerprint density at radius 1 is 0.920 bits per heavy atom. The van der Waals surface area contributed by atoms with Gasteiger partial charge in [0.25, 0.3) is 5.91 Å². The van der Waals surface area contributed by atoms with E-state index in [9.17, 15) is 14.0 Å². The third-order valence-corrected chi connectivity index (χ3v) is 4.20. The number of halogens is 1. The smallest absolute Gasteiger partial charge is 0.253 e. The zero-order valence-electron chi connectivity index (χ0n) is 13.8. The van der Waals surface area contributed by atoms with Crippen LogP contribution in [-0.4, -0.2) is 54.3 Å². The van der Waals surface area contributed by atoms with Gasteiger partial charge in [-0.25, -0.2) is 4.39 Å². The van der Waals surface area contributed by atoms with Crippen LogP contribution in [0.1, 0.15) is 10.4 Å². The maximum absolute atomic E-state index is 13.6. The average Bonchev–Trinajstić information content (AvgIpc) is 2.64. The van der Waals surface area contributed by atoms with E-state index in [4.69, 9.17) is 0 Å². The van der Waals surface area contributed by atoms with Gasteiger partial charge in [-0.3, -0.25) is 14.5 Å². The van der Waals surface area contributed by atoms with E-state index in [1.54, 1.807) is 29.2 Å². The largest absolute Gasteiger partial charge is 0.336 e. The molecule has 1 heterocycles. The minimum atomic E-state index is -0.450. The van der Waals surface area contributed by atoms with Gasteiger partial charge >= 0.3 is 0 Å². The molecule has 1 fully saturated rings. The van der Waals surface area contributed by atoms with E-state index in [1.165, 1.54) is 12.1 Å². The number of anilines is 1. The van der Waals surface area contributed by atoms with Crippen molar-refractivity contribution in [2.45, 2.75) is 0 Å². The fourth-order valence-electron chi connectivity index (χ4n) is 2.83. The number of carbonyl (C=O) groups is 2. The van der Waals surface area contributed by atoms with Gasteiger partial charge in [-0.15, -0.1) is 0 Å². The monoisotopic (exact) mass is 341 g/mol. The Bertz CT molecular complexity index is 743. The lowest BCUT2D eigenvalue weighted by molar-refractivity contribution is -0.117. The molecule has 0 atom stereocenters. The average molecular weight is 341 g/mol. The van der Waals surface area contributed by atoms with E-state index < -0.39 is 5.82 Å². The molecule has 0 aliphatic carbocycles. The van der Waals surface area contributed by atoms with Crippen molar-refractivity contribution in [1.29, 1.82) is 0 Å². The van der Waals surface area contributed by atoms with Crippen molar-refractivity contribution in [2.75, 3.05) is 38.0 Å². The summed E-state index contributed by atoms with van der Waals surface area (Å²) < 4.78 is 13.6. The highest BCUT2D eigenvalue weighted by Gasteiger charge is 2.23. The molecule has 2 aromatic carbocycles. The molecule has 0 spiro atoms. The van der Waals surface area contributed by atoms with Crippen LogP contribution in [0.4, 0.5) is 10.1 Å². The predicted octanol–water partition coefficient (Wildman–Crippen LogP) is 2.22. The van der Waals surface area contributed by atoms with Gasteiger partial charge in [-0.1, -0.05) is 30.3 Å². The van der Waals surface area contributed by atoms with Crippen LogP contribution in [0.3, 0.4) is 0 Å². The lowest BCUT2D eigenvalue weighted by atomic mass is 10.2. The van der Waals surface area contributed by atoms with Crippen molar-refractivity contribution in [1.82, 2.24) is 9.80 Å². The molecular formula is C19H20FN3O2. The third kappa shape index (κ3) is 4.42. The SMILES string of the molecule is O=C(CN1CCN(C(=O)c2ccccc2)CC1)Nc1ccccc1F. The zero-order chi connectivity index (χ0) is 17.6. The zero-order valence-corrected chi connectivity index (χ0v) is 13.8. The van der Waals surface area contributed by atoms with Crippen molar-refractivity contribution >= 4 is 17.5 Å². The number of rotatable bonds is 4. The normalized spacial score (nSPS) is 15.0. The topological polar surface area (TPSA) is 52.7 Å². The van der Waals surface area contributed by atoms with Crippen LogP contribution in [-0.2, 0) is 4.79 Å². The molecule has 3 rings (SSSR count). The highest BCUT2D eigenvalue weighted by Crippen LogP contribution is 2.13. The summed E-state index contributed by atoms with van der Waals surface area (Å²) >= 11 is 0. The van der Waals surface area contributed by atoms with Crippen molar-refractivity contribution in [3.8, 4) is 0 Å². The van der Waals surface area contributed by atoms with Crippen LogP contribution in [0.2, 0.25) is 0 Å². The van der Waals surface area contributed by atoms with Crippen LogP contribution < -0.4 is 5.32 Å². The van der Waals surface area contributed by atoms with Crippen molar-refractivity contribution in [2.24, 2.45) is 0 Å². The molecule has 6 heteroatoms. The lowest BCUT2D eigenvalue weighted by Crippen LogP contribution is -2.50. The molecular weight excluding hydrogens is 321 g/mol. The first kappa shape index (κ1) is 17.1. The first-order valence-corrected chi connectivity index (χ1v) is 8.24. The second-order valence-corrected chi connectivity index (χ2v) is 5.96. The van der Waals surface area contributed by atoms with Gasteiger partial charge in [0.1, 0.15) is 5.82 Å². The van der Waals surface area contributed by atoms with E-state index in [2.05, 4.69) is 5.32 Å². The molecule has 0 aromatic heterocycles. The summed E-state index contributed by atoms with van der Waals surface area (Å²) in [6.07, 6.45) is 0. The number of nitrogens with zero attached hydrogens (tertiary/aromatic N) is 2. The minimum Gasteiger partial charge on any atom is -0.336 e. The Kier molecular flexibility index (Phi) is 5.40. The molecule has 1 saturated heterocycles. The van der Waals surface area contributed by atoms with E-state index in [0.717, 1.165) is 0 Å². The van der Waals surface area contributed by atoms with Crippen molar-refractivity contribution in [3.63, 3.8) is 0 Å². The molecule has 130 valence electrons. The van der Waals surface area contributed by atoms with E-state index in [-0.39, 0.29) is 24.0 Å². The summed E-state index contributed by atoms with van der Waals surface area (Å²) in [6.45, 7) is 2.55. The Morgan fingerprint density at radius 2 is 1.56 bits per heavy atom. The Balaban J connectivity index is 1.48. The van der Waals surface area contributed by atoms with Crippen molar-refractivity contribution < 1.29 is 14.0 Å². The summed E-state index contributed by atoms with van der Waals surface area (Å²) in [4.78, 5) is 28.2. The molecule has 1 N–H and O–H groups in total. The Morgan fingerprint density at radius 3 is 2.24 bits per heavy atom. The summed E-state index contributed by atoms with van der Waals surface area (Å²) in [6, 6.07) is 15.3. The van der Waals surface area contributed by atoms with Crippen LogP contribution in [0.5, 0.6) is 0 Å². The van der Waals surface area contributed by atoms with Crippen LogP contribution >= 0.6 is 0 Å². The molecule has 1 aliphatic rings. The highest BCUT2D eigenvalue weighted by atomic mass is 19.1. The molecule has 2 amide bonds. The maximum Gasteiger partial charge on any atom is 0.253 e. The molecule has 0 unspecified atom stereocenters. The lowest BCUT2D eigenvalue weighted by Gasteiger charge is -2.34. The van der Waals surface area contributed by atoms with Crippen LogP contribution in [0.15, 0.2) is 54.6 Å². The van der Waals surface area contributed by atoms with E-state index in [0.29, 0.717) is 31.7 Å². The summed E-state index contributed by atoms with van der Waals surface area (Å²) in [5, 5.41) is 2.58. The molecule has 0 radical (unpaired) electrons. The predicted molar refractivity (Wildman–Crippen MR) is 93.8 cm³/mol. The fourth-order valence-corrected chi connectivity index (χ4v) is 2.83. The van der Waals surface area contributed by atoms with E-state index >= 15 is 0 Å². The number of benzene rings is 2. The van der Waals surface area contributed by atoms with Gasteiger partial charge in [-0.2, -0.15) is 0 Å². The Hall–Kier alpha value is -2.73. The van der Waals surface area contributed by atoms with Gasteiger partial charge in [0.05, 0.1) is 12.2 Å². The summed E-state index contributed by atoms with van der Waals surface area (Å²) in [7, 11) is 0. The van der Waals surface area contributed by atoms with Gasteiger partial charge < -0.3 is 10.2 Å². The first-order valence-electron chi connectivity index (χ1n) is 8.24. The van der Waals surface area contributed by atoms with Crippen molar-refractivity contribution in [3.05, 3.63) is 66.0 Å². The quantitative estimate of drug-likeness (QED) is 0.928. The summed E-state index contributed by atoms with van der Waals surface area (Å²) in [5.74, 6) is -0.696. The molecule has 25 heavy (non-hydrogen) atoms. The van der Waals surface area contributed by atoms with Gasteiger partial charge in [0, 0.05) is 31.7 Å². The number of carbonyl (C=O) groups excluding carboxylic acids is 2. The molecule has 5 nitrogen and oxygen atoms in total. The van der Waals surface area contributed by atoms with Gasteiger partial charge in [0.15, 0.2) is 0 Å².